The first-order chi connectivity index (χ1) is 56.2. The Morgan fingerprint density at radius 1 is 0.250 bits per heavy atom. The fraction of sp³-hybridized carbons (Fsp3) is 0.304. The molecule has 0 spiro atoms. The molecule has 0 bridgehead atoms. The first kappa shape index (κ1) is 89.1. The summed E-state index contributed by atoms with van der Waals surface area (Å²) >= 11 is 0. The third-order valence-electron chi connectivity index (χ3n) is 18.4. The highest BCUT2D eigenvalue weighted by molar-refractivity contribution is 5.93. The van der Waals surface area contributed by atoms with Gasteiger partial charge in [-0.05, 0) is 271 Å². The lowest BCUT2D eigenvalue weighted by molar-refractivity contribution is -0.167. The summed E-state index contributed by atoms with van der Waals surface area (Å²) in [5.41, 5.74) is -5.12. The van der Waals surface area contributed by atoms with Gasteiger partial charge in [0.1, 0.15) is 69.4 Å². The molecule has 116 heavy (non-hydrogen) atoms. The lowest BCUT2D eigenvalue weighted by Crippen LogP contribution is -2.56. The van der Waals surface area contributed by atoms with Crippen LogP contribution in [0.1, 0.15) is 166 Å². The second kappa shape index (κ2) is 47.3. The van der Waals surface area contributed by atoms with E-state index in [0.29, 0.717) is 102 Å². The van der Waals surface area contributed by atoms with E-state index >= 15 is 0 Å². The monoisotopic (exact) mass is 1590 g/mol. The summed E-state index contributed by atoms with van der Waals surface area (Å²) in [7, 11) is 0. The van der Waals surface area contributed by atoms with Crippen LogP contribution in [0.25, 0.3) is 0 Å². The zero-order valence-corrected chi connectivity index (χ0v) is 64.7. The molecule has 610 valence electrons. The standard InChI is InChI=1S/C92H98O24/c1-5-81(93)109-61-21-13-9-17-57-105-73-41-25-65(26-42-73)87(99)113-77-49-33-69(34-50-77)91(103,70-35-51-78(52-36-70)114-88(100)66-27-43-74(44-28-66)106-58-18-10-14-22-62-110-82(94)6-2)85(97)86(98)92(104,71-37-53-79(54-38-71)115-89(101)67-29-45-75(46-30-67)107-59-19-11-15-23-63-111-83(95)7-3)72-39-55-80(56-40-72)116-90(102)68-31-47-76(48-32-68)108-60-20-12-16-24-64-112-84(96)8-4/h5-8,25-56,85-86,97-98,103-104H,1-4,9-24,57-64H2. The van der Waals surface area contributed by atoms with Crippen LogP contribution in [-0.4, -0.2) is 133 Å². The van der Waals surface area contributed by atoms with E-state index in [2.05, 4.69) is 26.3 Å². The number of hydrogen-bond donors (Lipinski definition) is 4. The van der Waals surface area contributed by atoms with Crippen molar-refractivity contribution in [3.05, 3.63) is 289 Å². The molecule has 24 heteroatoms. The zero-order chi connectivity index (χ0) is 82.9. The number of aliphatic hydroxyl groups excluding tert-OH is 2. The van der Waals surface area contributed by atoms with E-state index in [1.54, 1.807) is 48.5 Å². The predicted molar refractivity (Wildman–Crippen MR) is 430 cm³/mol. The Morgan fingerprint density at radius 3 is 0.586 bits per heavy atom. The van der Waals surface area contributed by atoms with Crippen molar-refractivity contribution in [3.8, 4) is 46.0 Å². The Morgan fingerprint density at radius 2 is 0.414 bits per heavy atom. The van der Waals surface area contributed by atoms with Crippen molar-refractivity contribution in [2.24, 2.45) is 0 Å². The van der Waals surface area contributed by atoms with Gasteiger partial charge in [-0.2, -0.15) is 0 Å². The van der Waals surface area contributed by atoms with Gasteiger partial charge in [0.05, 0.1) is 75.1 Å². The lowest BCUT2D eigenvalue weighted by Gasteiger charge is -2.43. The van der Waals surface area contributed by atoms with Gasteiger partial charge in [0, 0.05) is 24.3 Å². The van der Waals surface area contributed by atoms with Crippen molar-refractivity contribution in [2.75, 3.05) is 52.9 Å². The average Bonchev–Trinajstić information content (AvgIpc) is 0.737. The zero-order valence-electron chi connectivity index (χ0n) is 64.7. The van der Waals surface area contributed by atoms with E-state index in [9.17, 15) is 58.8 Å². The van der Waals surface area contributed by atoms with Gasteiger partial charge in [-0.15, -0.1) is 0 Å². The summed E-state index contributed by atoms with van der Waals surface area (Å²) < 4.78 is 66.7. The number of aliphatic hydroxyl groups is 4. The first-order valence-corrected chi connectivity index (χ1v) is 38.4. The van der Waals surface area contributed by atoms with Crippen molar-refractivity contribution in [2.45, 2.75) is 126 Å². The number of carbonyl (C=O) groups excluding carboxylic acids is 8. The molecule has 0 heterocycles. The minimum Gasteiger partial charge on any atom is -0.494 e. The van der Waals surface area contributed by atoms with Gasteiger partial charge in [-0.1, -0.05) is 74.8 Å². The molecule has 0 amide bonds. The summed E-state index contributed by atoms with van der Waals surface area (Å²) in [6.07, 6.45) is 12.0. The highest BCUT2D eigenvalue weighted by Crippen LogP contribution is 2.44. The van der Waals surface area contributed by atoms with Gasteiger partial charge in [0.25, 0.3) is 0 Å². The molecule has 0 aliphatic rings. The minimum absolute atomic E-state index is 0.00770. The van der Waals surface area contributed by atoms with Crippen molar-refractivity contribution in [3.63, 3.8) is 0 Å². The topological polar surface area (TPSA) is 328 Å². The summed E-state index contributed by atoms with van der Waals surface area (Å²) in [5, 5.41) is 53.1. The van der Waals surface area contributed by atoms with Crippen molar-refractivity contribution < 1.29 is 116 Å². The highest BCUT2D eigenvalue weighted by atomic mass is 16.6. The van der Waals surface area contributed by atoms with Crippen molar-refractivity contribution in [1.29, 1.82) is 0 Å². The Balaban J connectivity index is 1.03. The van der Waals surface area contributed by atoms with Crippen LogP contribution in [0, 0.1) is 0 Å². The molecule has 0 radical (unpaired) electrons. The van der Waals surface area contributed by atoms with Gasteiger partial charge in [-0.3, -0.25) is 0 Å². The van der Waals surface area contributed by atoms with Gasteiger partial charge in [0.15, 0.2) is 0 Å². The van der Waals surface area contributed by atoms with Crippen LogP contribution in [0.3, 0.4) is 0 Å². The van der Waals surface area contributed by atoms with Gasteiger partial charge in [0.2, 0.25) is 0 Å². The number of carbonyl (C=O) groups is 8. The molecular formula is C92H98O24. The van der Waals surface area contributed by atoms with E-state index in [-0.39, 0.29) is 67.5 Å². The fourth-order valence-corrected chi connectivity index (χ4v) is 11.9. The molecule has 8 aromatic rings. The number of esters is 8. The number of ether oxygens (including phenoxy) is 12. The van der Waals surface area contributed by atoms with E-state index < -0.39 is 71.2 Å². The van der Waals surface area contributed by atoms with Crippen LogP contribution in [0.2, 0.25) is 0 Å². The first-order valence-electron chi connectivity index (χ1n) is 38.4. The van der Waals surface area contributed by atoms with Gasteiger partial charge < -0.3 is 77.3 Å². The Hall–Kier alpha value is -12.5. The van der Waals surface area contributed by atoms with Crippen molar-refractivity contribution >= 4 is 47.8 Å². The fourth-order valence-electron chi connectivity index (χ4n) is 11.9. The van der Waals surface area contributed by atoms with Crippen LogP contribution < -0.4 is 37.9 Å². The molecule has 2 unspecified atom stereocenters. The molecule has 0 aliphatic heterocycles. The Kier molecular flexibility index (Phi) is 36.3. The molecule has 24 nitrogen and oxygen atoms in total. The summed E-state index contributed by atoms with van der Waals surface area (Å²) in [6, 6.07) is 46.9. The van der Waals surface area contributed by atoms with Crippen LogP contribution in [-0.2, 0) is 49.3 Å². The SMILES string of the molecule is C=CC(=O)OCCCCCCOc1ccc(C(=O)Oc2ccc(C(O)(c3ccc(OC(=O)c4ccc(OCCCCCCOC(=O)C=C)cc4)cc3)C(O)C(O)C(O)(c3ccc(OC(=O)c4ccc(OCCCCCCOC(=O)C=C)cc4)cc3)c3ccc(OC(=O)c4ccc(OCCCCCCOC(=O)C=C)cc4)cc3)cc2)cc1. The molecule has 0 fully saturated rings. The second-order valence-electron chi connectivity index (χ2n) is 26.7. The number of benzene rings is 8. The molecule has 0 aliphatic carbocycles. The molecule has 0 aromatic heterocycles. The second-order valence-corrected chi connectivity index (χ2v) is 26.7. The highest BCUT2D eigenvalue weighted by Gasteiger charge is 2.52. The quantitative estimate of drug-likeness (QED) is 0.00904. The van der Waals surface area contributed by atoms with Crippen LogP contribution in [0.15, 0.2) is 245 Å². The molecule has 4 N–H and O–H groups in total. The molecule has 8 rings (SSSR count). The molecule has 0 saturated heterocycles. The Bertz CT molecular complexity index is 3920. The summed E-state index contributed by atoms with van der Waals surface area (Å²) in [4.78, 5) is 99.8. The van der Waals surface area contributed by atoms with E-state index in [4.69, 9.17) is 56.8 Å². The van der Waals surface area contributed by atoms with Crippen LogP contribution in [0.4, 0.5) is 0 Å². The van der Waals surface area contributed by atoms with Crippen LogP contribution >= 0.6 is 0 Å². The molecule has 8 aromatic carbocycles. The smallest absolute Gasteiger partial charge is 0.343 e. The van der Waals surface area contributed by atoms with E-state index in [1.807, 2.05) is 0 Å². The maximum absolute atomic E-state index is 13.7. The molecular weight excluding hydrogens is 1490 g/mol. The average molecular weight is 1590 g/mol. The number of hydrogen-bond acceptors (Lipinski definition) is 24. The third kappa shape index (κ3) is 28.0. The predicted octanol–water partition coefficient (Wildman–Crippen LogP) is 15.1. The maximum Gasteiger partial charge on any atom is 0.343 e. The lowest BCUT2D eigenvalue weighted by atomic mass is 9.72. The van der Waals surface area contributed by atoms with Gasteiger partial charge in [-0.25, -0.2) is 38.4 Å². The Labute approximate surface area is 674 Å². The molecule has 0 saturated carbocycles. The van der Waals surface area contributed by atoms with E-state index in [0.717, 1.165) is 101 Å². The number of unbranched alkanes of at least 4 members (excludes halogenated alkanes) is 12. The minimum atomic E-state index is -2.72. The largest absolute Gasteiger partial charge is 0.494 e. The van der Waals surface area contributed by atoms with Crippen molar-refractivity contribution in [1.82, 2.24) is 0 Å². The van der Waals surface area contributed by atoms with Crippen LogP contribution in [0.5, 0.6) is 46.0 Å². The van der Waals surface area contributed by atoms with Gasteiger partial charge >= 0.3 is 47.8 Å². The molecule has 2 atom stereocenters. The maximum atomic E-state index is 13.7. The summed E-state index contributed by atoms with van der Waals surface area (Å²) in [6.45, 7) is 16.4. The normalized spacial score (nSPS) is 11.6. The summed E-state index contributed by atoms with van der Waals surface area (Å²) in [5.74, 6) is -2.76. The van der Waals surface area contributed by atoms with E-state index in [1.165, 1.54) is 146 Å². The third-order valence-corrected chi connectivity index (χ3v) is 18.4. The number of rotatable bonds is 51.